The van der Waals surface area contributed by atoms with E-state index in [2.05, 4.69) is 5.32 Å². The van der Waals surface area contributed by atoms with Crippen LogP contribution in [0.2, 0.25) is 0 Å². The molecule has 0 bridgehead atoms. The number of morpholine rings is 1. The first-order valence-electron chi connectivity index (χ1n) is 8.50. The quantitative estimate of drug-likeness (QED) is 0.870. The van der Waals surface area contributed by atoms with Crippen molar-refractivity contribution in [3.8, 4) is 0 Å². The second kappa shape index (κ2) is 7.41. The van der Waals surface area contributed by atoms with Gasteiger partial charge in [-0.3, -0.25) is 4.79 Å². The lowest BCUT2D eigenvalue weighted by Gasteiger charge is -2.34. The number of anilines is 1. The van der Waals surface area contributed by atoms with Crippen molar-refractivity contribution in [1.29, 1.82) is 0 Å². The average molecular weight is 368 g/mol. The molecular weight excluding hydrogens is 344 g/mol. The minimum absolute atomic E-state index is 0.0936. The molecule has 0 aliphatic carbocycles. The molecule has 8 heteroatoms. The minimum atomic E-state index is -3.57. The Morgan fingerprint density at radius 2 is 1.80 bits per heavy atom. The topological polar surface area (TPSA) is 84.9 Å². The molecule has 0 spiro atoms. The third-order valence-electron chi connectivity index (χ3n) is 4.45. The van der Waals surface area contributed by atoms with Crippen LogP contribution in [0.4, 0.5) is 5.69 Å². The molecule has 3 atom stereocenters. The summed E-state index contributed by atoms with van der Waals surface area (Å²) in [7, 11) is -3.57. The van der Waals surface area contributed by atoms with Gasteiger partial charge in [-0.25, -0.2) is 8.42 Å². The maximum absolute atomic E-state index is 12.8. The highest BCUT2D eigenvalue weighted by Gasteiger charge is 2.32. The molecule has 3 rings (SSSR count). The molecule has 3 unspecified atom stereocenters. The third kappa shape index (κ3) is 4.20. The van der Waals surface area contributed by atoms with Gasteiger partial charge in [0.2, 0.25) is 15.9 Å². The number of ether oxygens (including phenoxy) is 2. The van der Waals surface area contributed by atoms with Crippen LogP contribution in [-0.2, 0) is 24.3 Å². The molecule has 7 nitrogen and oxygen atoms in total. The molecule has 2 aliphatic heterocycles. The third-order valence-corrected chi connectivity index (χ3v) is 6.29. The Morgan fingerprint density at radius 1 is 1.16 bits per heavy atom. The molecule has 1 aromatic rings. The Bertz CT molecular complexity index is 703. The number of sulfonamides is 1. The van der Waals surface area contributed by atoms with Crippen molar-refractivity contribution in [2.45, 2.75) is 37.4 Å². The van der Waals surface area contributed by atoms with Crippen molar-refractivity contribution in [3.63, 3.8) is 0 Å². The molecule has 25 heavy (non-hydrogen) atoms. The van der Waals surface area contributed by atoms with Crippen LogP contribution in [0.3, 0.4) is 0 Å². The number of amides is 1. The first kappa shape index (κ1) is 18.3. The standard InChI is InChI=1S/C17H24N2O5S/c1-12-9-19(10-13(2)24-12)25(21,22)16-5-3-15(4-6-16)18-17(20)14-7-8-23-11-14/h3-6,12-14H,7-11H2,1-2H3,(H,18,20). The fourth-order valence-electron chi connectivity index (χ4n) is 3.17. The second-order valence-corrected chi connectivity index (χ2v) is 8.59. The fourth-order valence-corrected chi connectivity index (χ4v) is 4.76. The van der Waals surface area contributed by atoms with E-state index in [1.807, 2.05) is 13.8 Å². The summed E-state index contributed by atoms with van der Waals surface area (Å²) in [6.07, 6.45) is 0.447. The number of carbonyl (C=O) groups excluding carboxylic acids is 1. The van der Waals surface area contributed by atoms with E-state index in [0.29, 0.717) is 38.4 Å². The predicted molar refractivity (Wildman–Crippen MR) is 92.8 cm³/mol. The van der Waals surface area contributed by atoms with Crippen LogP contribution in [0.5, 0.6) is 0 Å². The van der Waals surface area contributed by atoms with Gasteiger partial charge in [0.15, 0.2) is 0 Å². The van der Waals surface area contributed by atoms with Gasteiger partial charge in [-0.2, -0.15) is 4.31 Å². The van der Waals surface area contributed by atoms with E-state index in [-0.39, 0.29) is 28.9 Å². The average Bonchev–Trinajstić information content (AvgIpc) is 3.09. The van der Waals surface area contributed by atoms with Crippen LogP contribution in [0, 0.1) is 5.92 Å². The van der Waals surface area contributed by atoms with E-state index in [1.165, 1.54) is 16.4 Å². The molecule has 2 heterocycles. The van der Waals surface area contributed by atoms with Crippen molar-refractivity contribution < 1.29 is 22.7 Å². The summed E-state index contributed by atoms with van der Waals surface area (Å²) in [5, 5.41) is 2.81. The number of nitrogens with one attached hydrogen (secondary N) is 1. The van der Waals surface area contributed by atoms with E-state index < -0.39 is 10.0 Å². The van der Waals surface area contributed by atoms with Crippen molar-refractivity contribution in [3.05, 3.63) is 24.3 Å². The van der Waals surface area contributed by atoms with E-state index >= 15 is 0 Å². The zero-order chi connectivity index (χ0) is 18.0. The summed E-state index contributed by atoms with van der Waals surface area (Å²) >= 11 is 0. The normalized spacial score (nSPS) is 28.0. The van der Waals surface area contributed by atoms with E-state index in [1.54, 1.807) is 12.1 Å². The molecule has 138 valence electrons. The highest BCUT2D eigenvalue weighted by Crippen LogP contribution is 2.23. The number of hydrogen-bond acceptors (Lipinski definition) is 5. The van der Waals surface area contributed by atoms with Crippen LogP contribution < -0.4 is 5.32 Å². The van der Waals surface area contributed by atoms with Crippen LogP contribution in [0.25, 0.3) is 0 Å². The van der Waals surface area contributed by atoms with Crippen molar-refractivity contribution in [1.82, 2.24) is 4.31 Å². The molecule has 0 radical (unpaired) electrons. The highest BCUT2D eigenvalue weighted by molar-refractivity contribution is 7.89. The van der Waals surface area contributed by atoms with Gasteiger partial charge in [0, 0.05) is 25.4 Å². The molecule has 0 saturated carbocycles. The lowest BCUT2D eigenvalue weighted by molar-refractivity contribution is -0.119. The van der Waals surface area contributed by atoms with E-state index in [0.717, 1.165) is 0 Å². The fraction of sp³-hybridized carbons (Fsp3) is 0.588. The molecule has 1 N–H and O–H groups in total. The molecular formula is C17H24N2O5S. The van der Waals surface area contributed by atoms with Crippen molar-refractivity contribution in [2.24, 2.45) is 5.92 Å². The van der Waals surface area contributed by atoms with Crippen molar-refractivity contribution in [2.75, 3.05) is 31.6 Å². The summed E-state index contributed by atoms with van der Waals surface area (Å²) in [5.41, 5.74) is 0.583. The number of carbonyl (C=O) groups is 1. The maximum Gasteiger partial charge on any atom is 0.243 e. The zero-order valence-corrected chi connectivity index (χ0v) is 15.3. The van der Waals surface area contributed by atoms with Gasteiger partial charge in [-0.1, -0.05) is 0 Å². The number of hydrogen-bond donors (Lipinski definition) is 1. The molecule has 2 fully saturated rings. The highest BCUT2D eigenvalue weighted by atomic mass is 32.2. The van der Waals surface area contributed by atoms with Gasteiger partial charge in [-0.15, -0.1) is 0 Å². The van der Waals surface area contributed by atoms with Crippen LogP contribution in [0.1, 0.15) is 20.3 Å². The van der Waals surface area contributed by atoms with Gasteiger partial charge in [0.05, 0.1) is 29.6 Å². The lowest BCUT2D eigenvalue weighted by atomic mass is 10.1. The van der Waals surface area contributed by atoms with Gasteiger partial charge in [0.1, 0.15) is 0 Å². The summed E-state index contributed by atoms with van der Waals surface area (Å²) in [6.45, 7) is 5.45. The molecule has 1 amide bonds. The minimum Gasteiger partial charge on any atom is -0.381 e. The molecule has 2 saturated heterocycles. The molecule has 0 aromatic heterocycles. The SMILES string of the molecule is CC1CN(S(=O)(=O)c2ccc(NC(=O)C3CCOC3)cc2)CC(C)O1. The summed E-state index contributed by atoms with van der Waals surface area (Å²) in [6, 6.07) is 6.30. The Kier molecular flexibility index (Phi) is 5.43. The van der Waals surface area contributed by atoms with Gasteiger partial charge < -0.3 is 14.8 Å². The Morgan fingerprint density at radius 3 is 2.36 bits per heavy atom. The maximum atomic E-state index is 12.8. The number of nitrogens with zero attached hydrogens (tertiary/aromatic N) is 1. The second-order valence-electron chi connectivity index (χ2n) is 6.65. The Hall–Kier alpha value is -1.48. The molecule has 2 aliphatic rings. The summed E-state index contributed by atoms with van der Waals surface area (Å²) in [5.74, 6) is -0.233. The largest absolute Gasteiger partial charge is 0.381 e. The van der Waals surface area contributed by atoms with Crippen LogP contribution in [0.15, 0.2) is 29.2 Å². The van der Waals surface area contributed by atoms with Gasteiger partial charge in [-0.05, 0) is 44.5 Å². The Balaban J connectivity index is 1.69. The van der Waals surface area contributed by atoms with E-state index in [9.17, 15) is 13.2 Å². The van der Waals surface area contributed by atoms with E-state index in [4.69, 9.17) is 9.47 Å². The summed E-state index contributed by atoms with van der Waals surface area (Å²) < 4.78 is 37.8. The van der Waals surface area contributed by atoms with Gasteiger partial charge >= 0.3 is 0 Å². The summed E-state index contributed by atoms with van der Waals surface area (Å²) in [4.78, 5) is 12.3. The van der Waals surface area contributed by atoms with Crippen molar-refractivity contribution >= 4 is 21.6 Å². The smallest absolute Gasteiger partial charge is 0.243 e. The molecule has 1 aromatic carbocycles. The monoisotopic (exact) mass is 368 g/mol. The number of benzene rings is 1. The van der Waals surface area contributed by atoms with Gasteiger partial charge in [0.25, 0.3) is 0 Å². The first-order chi connectivity index (χ1) is 11.9. The lowest BCUT2D eigenvalue weighted by Crippen LogP contribution is -2.48. The zero-order valence-electron chi connectivity index (χ0n) is 14.5. The van der Waals surface area contributed by atoms with Crippen LogP contribution >= 0.6 is 0 Å². The Labute approximate surface area is 148 Å². The van der Waals surface area contributed by atoms with Crippen LogP contribution in [-0.4, -0.2) is 57.1 Å². The predicted octanol–water partition coefficient (Wildman–Crippen LogP) is 1.46. The first-order valence-corrected chi connectivity index (χ1v) is 9.94. The number of rotatable bonds is 4.